The molecule has 0 aromatic heterocycles. The Hall–Kier alpha value is -0.0505. The van der Waals surface area contributed by atoms with Crippen molar-refractivity contribution < 1.29 is 9.90 Å². The summed E-state index contributed by atoms with van der Waals surface area (Å²) in [5.74, 6) is -0.946. The van der Waals surface area contributed by atoms with E-state index in [1.807, 2.05) is 0 Å². The van der Waals surface area contributed by atoms with Crippen LogP contribution in [-0.4, -0.2) is 33.1 Å². The summed E-state index contributed by atoms with van der Waals surface area (Å²) in [5, 5.41) is 8.22. The van der Waals surface area contributed by atoms with Crippen molar-refractivity contribution in [3.8, 4) is 0 Å². The third-order valence-electron chi connectivity index (χ3n) is 0.805. The zero-order valence-corrected chi connectivity index (χ0v) is 6.41. The maximum absolute atomic E-state index is 10.0. The molecule has 0 aromatic rings. The number of carboxylic acids is 1. The van der Waals surface area contributed by atoms with Gasteiger partial charge in [-0.1, -0.05) is 0 Å². The van der Waals surface area contributed by atoms with Crippen LogP contribution < -0.4 is 5.73 Å². The predicted octanol–water partition coefficient (Wildman–Crippen LogP) is -0.893. The molecule has 0 unspecified atom stereocenters. The Kier molecular flexibility index (Phi) is 3.05. The summed E-state index contributed by atoms with van der Waals surface area (Å²) in [5.41, 5.74) is 5.14. The monoisotopic (exact) mass is 183 g/mol. The summed E-state index contributed by atoms with van der Waals surface area (Å²) >= 11 is 2.20. The fourth-order valence-electron chi connectivity index (χ4n) is 0.206. The van der Waals surface area contributed by atoms with Gasteiger partial charge in [-0.3, -0.25) is 0 Å². The Morgan fingerprint density at radius 3 is 2.25 bits per heavy atom. The van der Waals surface area contributed by atoms with Crippen LogP contribution in [0.3, 0.4) is 0 Å². The molecule has 0 rings (SSSR count). The van der Waals surface area contributed by atoms with Crippen LogP contribution in [0.5, 0.6) is 0 Å². The van der Waals surface area contributed by atoms with E-state index in [0.717, 1.165) is 0 Å². The molecule has 3 N–H and O–H groups in total. The van der Waals surface area contributed by atoms with E-state index in [1.54, 1.807) is 6.92 Å². The number of rotatable bonds is 2. The second kappa shape index (κ2) is 3.07. The molecule has 0 aromatic carbocycles. The molecule has 2 atom stereocenters. The van der Waals surface area contributed by atoms with Gasteiger partial charge >= 0.3 is 55.4 Å². The summed E-state index contributed by atoms with van der Waals surface area (Å²) in [7, 11) is 0. The minimum atomic E-state index is -0.946. The molecule has 0 amide bonds. The van der Waals surface area contributed by atoms with Crippen molar-refractivity contribution >= 4 is 22.0 Å². The number of carboxylic acid groups (broad SMARTS) is 1. The van der Waals surface area contributed by atoms with Crippen molar-refractivity contribution in [1.29, 1.82) is 0 Å². The predicted molar refractivity (Wildman–Crippen MR) is 32.2 cm³/mol. The number of aliphatic carboxylic acids is 1. The van der Waals surface area contributed by atoms with Gasteiger partial charge in [0.1, 0.15) is 0 Å². The van der Waals surface area contributed by atoms with Crippen molar-refractivity contribution in [2.75, 3.05) is 0 Å². The normalized spacial score (nSPS) is 17.4. The molecule has 3 nitrogen and oxygen atoms in total. The molecule has 0 bridgehead atoms. The molecule has 0 spiro atoms. The second-order valence-electron chi connectivity index (χ2n) is 1.60. The van der Waals surface area contributed by atoms with E-state index in [2.05, 4.69) is 16.0 Å². The molecular formula is C4H9NO2Se. The standard InChI is InChI=1S/C4H9NO2Se/c1-2(8)3(5)4(6)7/h2-3,8H,5H2,1H3,(H,6,7)/t2-,3+/m1/s1. The molecule has 0 saturated carbocycles. The summed E-state index contributed by atoms with van der Waals surface area (Å²) < 4.78 is 0. The van der Waals surface area contributed by atoms with Gasteiger partial charge in [0.2, 0.25) is 0 Å². The molecule has 8 heavy (non-hydrogen) atoms. The van der Waals surface area contributed by atoms with Crippen LogP contribution in [0.1, 0.15) is 6.92 Å². The van der Waals surface area contributed by atoms with Gasteiger partial charge in [0, 0.05) is 0 Å². The summed E-state index contributed by atoms with van der Waals surface area (Å²) in [4.78, 5) is 9.96. The molecule has 0 heterocycles. The average molecular weight is 182 g/mol. The Labute approximate surface area is 56.1 Å². The first kappa shape index (κ1) is 7.95. The molecular weight excluding hydrogens is 173 g/mol. The van der Waals surface area contributed by atoms with E-state index < -0.39 is 12.0 Å². The van der Waals surface area contributed by atoms with Gasteiger partial charge in [-0.05, 0) is 0 Å². The van der Waals surface area contributed by atoms with Gasteiger partial charge in [0.15, 0.2) is 0 Å². The summed E-state index contributed by atoms with van der Waals surface area (Å²) in [6.45, 7) is 1.75. The first-order valence-electron chi connectivity index (χ1n) is 2.22. The third-order valence-corrected chi connectivity index (χ3v) is 1.48. The second-order valence-corrected chi connectivity index (χ2v) is 3.31. The van der Waals surface area contributed by atoms with Gasteiger partial charge in [-0.15, -0.1) is 0 Å². The molecule has 0 saturated heterocycles. The molecule has 0 aliphatic rings. The number of hydrogen-bond donors (Lipinski definition) is 2. The molecule has 0 fully saturated rings. The van der Waals surface area contributed by atoms with Crippen molar-refractivity contribution in [3.63, 3.8) is 0 Å². The Bertz CT molecular complexity index is 94.0. The van der Waals surface area contributed by atoms with Gasteiger partial charge in [0.25, 0.3) is 0 Å². The fourth-order valence-corrected chi connectivity index (χ4v) is 0.474. The third kappa shape index (κ3) is 2.31. The molecule has 4 heteroatoms. The fraction of sp³-hybridized carbons (Fsp3) is 0.750. The van der Waals surface area contributed by atoms with E-state index in [-0.39, 0.29) is 4.82 Å². The van der Waals surface area contributed by atoms with Gasteiger partial charge in [-0.25, -0.2) is 0 Å². The van der Waals surface area contributed by atoms with Crippen LogP contribution >= 0.6 is 0 Å². The van der Waals surface area contributed by atoms with Crippen LogP contribution in [0.4, 0.5) is 0 Å². The molecule has 0 radical (unpaired) electrons. The van der Waals surface area contributed by atoms with Gasteiger partial charge < -0.3 is 0 Å². The first-order chi connectivity index (χ1) is 3.55. The van der Waals surface area contributed by atoms with Crippen LogP contribution in [0.25, 0.3) is 0 Å². The van der Waals surface area contributed by atoms with Gasteiger partial charge in [-0.2, -0.15) is 0 Å². The van der Waals surface area contributed by atoms with Gasteiger partial charge in [0.05, 0.1) is 0 Å². The zero-order chi connectivity index (χ0) is 6.73. The van der Waals surface area contributed by atoms with Crippen molar-refractivity contribution in [2.24, 2.45) is 5.73 Å². The van der Waals surface area contributed by atoms with E-state index in [4.69, 9.17) is 10.8 Å². The first-order valence-corrected chi connectivity index (χ1v) is 3.30. The van der Waals surface area contributed by atoms with Crippen LogP contribution in [0.15, 0.2) is 0 Å². The zero-order valence-electron chi connectivity index (χ0n) is 4.53. The number of carbonyl (C=O) groups is 1. The molecule has 48 valence electrons. The van der Waals surface area contributed by atoms with E-state index in [9.17, 15) is 4.79 Å². The van der Waals surface area contributed by atoms with E-state index >= 15 is 0 Å². The van der Waals surface area contributed by atoms with Crippen LogP contribution in [-0.2, 0) is 4.79 Å². The topological polar surface area (TPSA) is 63.3 Å². The Morgan fingerprint density at radius 2 is 2.25 bits per heavy atom. The SMILES string of the molecule is C[C@@H]([SeH])[C@H](N)C(=O)O. The van der Waals surface area contributed by atoms with Crippen LogP contribution in [0, 0.1) is 0 Å². The number of hydrogen-bond acceptors (Lipinski definition) is 2. The molecule has 0 aliphatic heterocycles. The van der Waals surface area contributed by atoms with E-state index in [0.29, 0.717) is 0 Å². The minimum absolute atomic E-state index is 0.0417. The maximum atomic E-state index is 10.0. The average Bonchev–Trinajstić information content (AvgIpc) is 1.64. The van der Waals surface area contributed by atoms with E-state index in [1.165, 1.54) is 0 Å². The quantitative estimate of drug-likeness (QED) is 0.544. The summed E-state index contributed by atoms with van der Waals surface area (Å²) in [6, 6.07) is -0.741. The van der Waals surface area contributed by atoms with Crippen molar-refractivity contribution in [3.05, 3.63) is 0 Å². The molecule has 0 aliphatic carbocycles. The van der Waals surface area contributed by atoms with Crippen molar-refractivity contribution in [1.82, 2.24) is 0 Å². The van der Waals surface area contributed by atoms with Crippen molar-refractivity contribution in [2.45, 2.75) is 17.8 Å². The van der Waals surface area contributed by atoms with Crippen LogP contribution in [0.2, 0.25) is 4.82 Å². The summed E-state index contributed by atoms with van der Waals surface area (Å²) in [6.07, 6.45) is 0. The Morgan fingerprint density at radius 1 is 1.88 bits per heavy atom. The Balaban J connectivity index is 3.64. The number of nitrogens with two attached hydrogens (primary N) is 1.